The van der Waals surface area contributed by atoms with Crippen molar-refractivity contribution in [3.63, 3.8) is 0 Å². The Kier molecular flexibility index (Phi) is 19.8. The van der Waals surface area contributed by atoms with E-state index >= 15 is 0 Å². The molecule has 0 aromatic heterocycles. The number of hydrogen-bond acceptors (Lipinski definition) is 7. The molecule has 35 heavy (non-hydrogen) atoms. The number of rotatable bonds is 9. The molecule has 0 fully saturated rings. The third kappa shape index (κ3) is 24.0. The van der Waals surface area contributed by atoms with Gasteiger partial charge in [-0.25, -0.2) is 4.57 Å². The lowest BCUT2D eigenvalue weighted by Gasteiger charge is -2.01. The van der Waals surface area contributed by atoms with Crippen molar-refractivity contribution in [1.82, 2.24) is 0 Å². The van der Waals surface area contributed by atoms with Crippen molar-refractivity contribution in [3.8, 4) is 17.2 Å². The van der Waals surface area contributed by atoms with Gasteiger partial charge >= 0.3 is 7.82 Å². The zero-order chi connectivity index (χ0) is 26.2. The largest absolute Gasteiger partial charge is 0.491 e. The van der Waals surface area contributed by atoms with Crippen LogP contribution in [0.5, 0.6) is 17.2 Å². The normalized spacial score (nSPS) is 9.66. The van der Waals surface area contributed by atoms with Crippen LogP contribution in [0.1, 0.15) is 0 Å². The van der Waals surface area contributed by atoms with Crippen LogP contribution in [0, 0.1) is 0 Å². The highest BCUT2D eigenvalue weighted by Crippen LogP contribution is 2.25. The Hall–Kier alpha value is -2.95. The van der Waals surface area contributed by atoms with Gasteiger partial charge in [-0.2, -0.15) is 0 Å². The molecule has 0 saturated carbocycles. The van der Waals surface area contributed by atoms with Crippen LogP contribution >= 0.6 is 7.82 Å². The average Bonchev–Trinajstić information content (AvgIpc) is 2.87. The zero-order valence-corrected chi connectivity index (χ0v) is 20.1. The number of hydrogen-bond donors (Lipinski definition) is 6. The van der Waals surface area contributed by atoms with Crippen LogP contribution in [-0.4, -0.2) is 69.6 Å². The van der Waals surface area contributed by atoms with Crippen LogP contribution in [0.25, 0.3) is 0 Å². The van der Waals surface area contributed by atoms with Gasteiger partial charge in [0.2, 0.25) is 0 Å². The Balaban J connectivity index is 0.000000453. The summed E-state index contributed by atoms with van der Waals surface area (Å²) in [5.74, 6) is 2.41. The molecule has 3 aromatic carbocycles. The summed E-state index contributed by atoms with van der Waals surface area (Å²) in [4.78, 5) is 21.6. The third-order valence-corrected chi connectivity index (χ3v) is 3.31. The molecule has 0 radical (unpaired) electrons. The summed E-state index contributed by atoms with van der Waals surface area (Å²) in [7, 11) is -4.64. The molecule has 0 aliphatic carbocycles. The van der Waals surface area contributed by atoms with E-state index in [1.807, 2.05) is 91.0 Å². The quantitative estimate of drug-likeness (QED) is 0.234. The number of ether oxygens (including phenoxy) is 3. The SMILES string of the molecule is O=P(O)(O)O.OCCOc1ccccc1.OCCOc1ccccc1.OCCOc1ccccc1. The average molecular weight is 512 g/mol. The van der Waals surface area contributed by atoms with E-state index < -0.39 is 7.82 Å². The van der Waals surface area contributed by atoms with Crippen LogP contribution < -0.4 is 14.2 Å². The highest BCUT2D eigenvalue weighted by atomic mass is 31.2. The maximum atomic E-state index is 8.88. The molecule has 3 aromatic rings. The first kappa shape index (κ1) is 32.0. The van der Waals surface area contributed by atoms with E-state index in [2.05, 4.69) is 0 Å². The fraction of sp³-hybridized carbons (Fsp3) is 0.250. The molecular weight excluding hydrogens is 479 g/mol. The molecule has 6 N–H and O–H groups in total. The van der Waals surface area contributed by atoms with Crippen molar-refractivity contribution in [1.29, 1.82) is 0 Å². The Morgan fingerprint density at radius 2 is 0.686 bits per heavy atom. The van der Waals surface area contributed by atoms with E-state index in [1.165, 1.54) is 0 Å². The van der Waals surface area contributed by atoms with Gasteiger partial charge in [0.05, 0.1) is 19.8 Å². The van der Waals surface area contributed by atoms with Gasteiger partial charge in [0.15, 0.2) is 0 Å². The van der Waals surface area contributed by atoms with Crippen LogP contribution in [0.3, 0.4) is 0 Å². The van der Waals surface area contributed by atoms with Gasteiger partial charge in [0, 0.05) is 0 Å². The summed E-state index contributed by atoms with van der Waals surface area (Å²) < 4.78 is 24.2. The Morgan fingerprint density at radius 3 is 0.857 bits per heavy atom. The van der Waals surface area contributed by atoms with Crippen LogP contribution in [-0.2, 0) is 4.57 Å². The molecule has 0 atom stereocenters. The van der Waals surface area contributed by atoms with Crippen molar-refractivity contribution in [2.24, 2.45) is 0 Å². The fourth-order valence-electron chi connectivity index (χ4n) is 2.04. The molecule has 10 nitrogen and oxygen atoms in total. The summed E-state index contributed by atoms with van der Waals surface area (Å²) in [5.41, 5.74) is 0. The van der Waals surface area contributed by atoms with E-state index in [1.54, 1.807) is 0 Å². The minimum Gasteiger partial charge on any atom is -0.491 e. The molecule has 0 unspecified atom stereocenters. The third-order valence-electron chi connectivity index (χ3n) is 3.31. The summed E-state index contributed by atoms with van der Waals surface area (Å²) >= 11 is 0. The summed E-state index contributed by atoms with van der Waals surface area (Å²) in [6, 6.07) is 28.3. The van der Waals surface area contributed by atoms with E-state index in [4.69, 9.17) is 48.8 Å². The molecule has 11 heteroatoms. The van der Waals surface area contributed by atoms with Gasteiger partial charge in [0.1, 0.15) is 37.1 Å². The molecule has 0 aliphatic heterocycles. The molecule has 3 rings (SSSR count). The highest BCUT2D eigenvalue weighted by Gasteiger charge is 2.00. The predicted octanol–water partition coefficient (Wildman–Crippen LogP) is 2.24. The number of benzene rings is 3. The standard InChI is InChI=1S/3C8H10O2.H3O4P/c3*9-6-7-10-8-4-2-1-3-5-8;1-5(2,3)4/h3*1-5,9H,6-7H2;(H3,1,2,3,4). The maximum absolute atomic E-state index is 8.88. The van der Waals surface area contributed by atoms with Crippen LogP contribution in [0.2, 0.25) is 0 Å². The first-order valence-corrected chi connectivity index (χ1v) is 12.0. The number of aliphatic hydroxyl groups is 3. The predicted molar refractivity (Wildman–Crippen MR) is 131 cm³/mol. The summed E-state index contributed by atoms with van der Waals surface area (Å²) in [6.07, 6.45) is 0. The first-order valence-electron chi connectivity index (χ1n) is 10.4. The lowest BCUT2D eigenvalue weighted by Crippen LogP contribution is -2.00. The van der Waals surface area contributed by atoms with Crippen molar-refractivity contribution in [2.75, 3.05) is 39.6 Å². The Labute approximate surface area is 204 Å². The second-order valence-electron chi connectivity index (χ2n) is 6.17. The summed E-state index contributed by atoms with van der Waals surface area (Å²) in [6.45, 7) is 1.29. The Bertz CT molecular complexity index is 765. The van der Waals surface area contributed by atoms with Crippen molar-refractivity contribution < 1.29 is 48.8 Å². The van der Waals surface area contributed by atoms with E-state index in [9.17, 15) is 0 Å². The molecule has 0 bridgehead atoms. The van der Waals surface area contributed by atoms with Crippen LogP contribution in [0.15, 0.2) is 91.0 Å². The number of para-hydroxylation sites is 3. The minimum atomic E-state index is -4.64. The number of phosphoric acid groups is 1. The smallest absolute Gasteiger partial charge is 0.466 e. The maximum Gasteiger partial charge on any atom is 0.466 e. The van der Waals surface area contributed by atoms with Gasteiger partial charge in [-0.15, -0.1) is 0 Å². The molecule has 0 amide bonds. The second kappa shape index (κ2) is 21.6. The highest BCUT2D eigenvalue weighted by molar-refractivity contribution is 7.45. The lowest BCUT2D eigenvalue weighted by atomic mass is 10.3. The van der Waals surface area contributed by atoms with E-state index in [0.717, 1.165) is 17.2 Å². The summed E-state index contributed by atoms with van der Waals surface area (Å²) in [5, 5.41) is 25.2. The van der Waals surface area contributed by atoms with Gasteiger partial charge < -0.3 is 44.2 Å². The van der Waals surface area contributed by atoms with Gasteiger partial charge in [0.25, 0.3) is 0 Å². The van der Waals surface area contributed by atoms with Gasteiger partial charge in [-0.05, 0) is 36.4 Å². The first-order chi connectivity index (χ1) is 16.8. The van der Waals surface area contributed by atoms with E-state index in [-0.39, 0.29) is 19.8 Å². The fourth-order valence-corrected chi connectivity index (χ4v) is 2.04. The second-order valence-corrected chi connectivity index (χ2v) is 7.20. The minimum absolute atomic E-state index is 0.0644. The van der Waals surface area contributed by atoms with Crippen LogP contribution in [0.4, 0.5) is 0 Å². The monoisotopic (exact) mass is 512 g/mol. The molecule has 0 spiro atoms. The van der Waals surface area contributed by atoms with Crippen molar-refractivity contribution >= 4 is 7.82 Å². The lowest BCUT2D eigenvalue weighted by molar-refractivity contribution is 0.201. The van der Waals surface area contributed by atoms with Crippen molar-refractivity contribution in [3.05, 3.63) is 91.0 Å². The Morgan fingerprint density at radius 1 is 0.486 bits per heavy atom. The zero-order valence-electron chi connectivity index (χ0n) is 19.2. The molecular formula is C24H33O10P. The van der Waals surface area contributed by atoms with E-state index in [0.29, 0.717) is 19.8 Å². The van der Waals surface area contributed by atoms with Crippen molar-refractivity contribution in [2.45, 2.75) is 0 Å². The molecule has 0 aliphatic rings. The van der Waals surface area contributed by atoms with Gasteiger partial charge in [-0.3, -0.25) is 0 Å². The topological polar surface area (TPSA) is 166 Å². The molecule has 0 heterocycles. The van der Waals surface area contributed by atoms with Gasteiger partial charge in [-0.1, -0.05) is 54.6 Å². The molecule has 0 saturated heterocycles. The number of aliphatic hydroxyl groups excluding tert-OH is 3. The molecule has 194 valence electrons.